The lowest BCUT2D eigenvalue weighted by atomic mass is 10.1. The Labute approximate surface area is 116 Å². The van der Waals surface area contributed by atoms with Crippen molar-refractivity contribution in [1.82, 2.24) is 15.6 Å². The van der Waals surface area contributed by atoms with Crippen molar-refractivity contribution >= 4 is 11.8 Å². The number of rotatable bonds is 4. The molecule has 1 aromatic heterocycles. The van der Waals surface area contributed by atoms with Crippen molar-refractivity contribution in [3.05, 3.63) is 23.7 Å². The lowest BCUT2D eigenvalue weighted by Crippen LogP contribution is -2.52. The summed E-state index contributed by atoms with van der Waals surface area (Å²) in [4.78, 5) is 25.3. The lowest BCUT2D eigenvalue weighted by molar-refractivity contribution is -0.132. The maximum atomic E-state index is 11.8. The van der Waals surface area contributed by atoms with Gasteiger partial charge < -0.3 is 14.5 Å². The molecule has 1 atom stereocenters. The van der Waals surface area contributed by atoms with Crippen LogP contribution in [0, 0.1) is 0 Å². The van der Waals surface area contributed by atoms with Crippen LogP contribution >= 0.6 is 0 Å². The van der Waals surface area contributed by atoms with E-state index < -0.39 is 5.91 Å². The third kappa shape index (κ3) is 2.98. The van der Waals surface area contributed by atoms with Crippen LogP contribution in [0.2, 0.25) is 0 Å². The number of nitrogen functional groups attached to an aromatic ring is 1. The maximum Gasteiger partial charge on any atom is 0.301 e. The molecule has 2 rings (SSSR count). The Balaban J connectivity index is 2.13. The Kier molecular flexibility index (Phi) is 4.72. The van der Waals surface area contributed by atoms with Crippen molar-refractivity contribution < 1.29 is 18.7 Å². The van der Waals surface area contributed by atoms with E-state index in [0.717, 1.165) is 0 Å². The molecule has 1 aromatic rings. The van der Waals surface area contributed by atoms with Gasteiger partial charge in [0.05, 0.1) is 19.5 Å². The van der Waals surface area contributed by atoms with Crippen molar-refractivity contribution in [2.75, 3.05) is 26.8 Å². The molecule has 0 saturated carbocycles. The largest absolute Gasteiger partial charge is 0.459 e. The van der Waals surface area contributed by atoms with E-state index in [-0.39, 0.29) is 17.7 Å². The second kappa shape index (κ2) is 6.51. The number of furan rings is 1. The van der Waals surface area contributed by atoms with Crippen molar-refractivity contribution in [2.24, 2.45) is 5.84 Å². The van der Waals surface area contributed by atoms with Crippen molar-refractivity contribution in [3.63, 3.8) is 0 Å². The first-order valence-corrected chi connectivity index (χ1v) is 6.28. The van der Waals surface area contributed by atoms with E-state index in [1.54, 1.807) is 13.1 Å². The average Bonchev–Trinajstić information content (AvgIpc) is 2.94. The maximum absolute atomic E-state index is 11.8. The first-order chi connectivity index (χ1) is 9.67. The number of carbonyl (C=O) groups is 2. The Morgan fingerprint density at radius 1 is 1.55 bits per heavy atom. The van der Waals surface area contributed by atoms with Gasteiger partial charge in [-0.1, -0.05) is 0 Å². The summed E-state index contributed by atoms with van der Waals surface area (Å²) >= 11 is 0. The second-order valence-corrected chi connectivity index (χ2v) is 4.42. The molecule has 1 saturated heterocycles. The molecule has 20 heavy (non-hydrogen) atoms. The van der Waals surface area contributed by atoms with Crippen molar-refractivity contribution in [2.45, 2.75) is 12.6 Å². The number of amides is 2. The molecular weight excluding hydrogens is 264 g/mol. The molecule has 0 bridgehead atoms. The summed E-state index contributed by atoms with van der Waals surface area (Å²) in [7, 11) is 1.58. The van der Waals surface area contributed by atoms with E-state index in [1.165, 1.54) is 6.26 Å². The van der Waals surface area contributed by atoms with Gasteiger partial charge in [0.2, 0.25) is 5.91 Å². The smallest absolute Gasteiger partial charge is 0.301 e. The first kappa shape index (κ1) is 14.5. The highest BCUT2D eigenvalue weighted by Gasteiger charge is 2.30. The Morgan fingerprint density at radius 2 is 2.35 bits per heavy atom. The van der Waals surface area contributed by atoms with Crippen LogP contribution in [0.15, 0.2) is 16.7 Å². The number of nitrogens with zero attached hydrogens (tertiary/aromatic N) is 1. The zero-order chi connectivity index (χ0) is 14.5. The minimum Gasteiger partial charge on any atom is -0.459 e. The predicted octanol–water partition coefficient (Wildman–Crippen LogP) is -1.17. The quantitative estimate of drug-likeness (QED) is 0.365. The number of nitrogens with one attached hydrogen (secondary N) is 2. The van der Waals surface area contributed by atoms with Crippen LogP contribution in [0.3, 0.4) is 0 Å². The van der Waals surface area contributed by atoms with E-state index in [4.69, 9.17) is 15.0 Å². The Hall–Kier alpha value is -1.90. The molecule has 8 nitrogen and oxygen atoms in total. The monoisotopic (exact) mass is 282 g/mol. The number of hydrogen-bond acceptors (Lipinski definition) is 6. The fourth-order valence-corrected chi connectivity index (χ4v) is 2.18. The summed E-state index contributed by atoms with van der Waals surface area (Å²) in [5.74, 6) is 4.66. The molecule has 110 valence electrons. The van der Waals surface area contributed by atoms with Crippen LogP contribution in [0.4, 0.5) is 0 Å². The van der Waals surface area contributed by atoms with E-state index in [9.17, 15) is 9.59 Å². The van der Waals surface area contributed by atoms with Crippen LogP contribution < -0.4 is 16.6 Å². The van der Waals surface area contributed by atoms with Gasteiger partial charge in [-0.3, -0.25) is 19.9 Å². The highest BCUT2D eigenvalue weighted by atomic mass is 16.5. The molecule has 1 aliphatic heterocycles. The fourth-order valence-electron chi connectivity index (χ4n) is 2.18. The van der Waals surface area contributed by atoms with E-state index >= 15 is 0 Å². The summed E-state index contributed by atoms with van der Waals surface area (Å²) < 4.78 is 10.5. The zero-order valence-electron chi connectivity index (χ0n) is 11.2. The number of likely N-dealkylation sites (N-methyl/N-ethyl adjacent to an activating group) is 1. The van der Waals surface area contributed by atoms with Crippen LogP contribution in [0.25, 0.3) is 0 Å². The van der Waals surface area contributed by atoms with Gasteiger partial charge in [0, 0.05) is 25.7 Å². The van der Waals surface area contributed by atoms with Gasteiger partial charge in [-0.05, 0) is 6.07 Å². The average molecular weight is 282 g/mol. The van der Waals surface area contributed by atoms with Crippen LogP contribution in [0.5, 0.6) is 0 Å². The third-order valence-electron chi connectivity index (χ3n) is 3.25. The SMILES string of the molecule is CNC(=O)C1COCCN1Cc1ccoc1C(=O)NN. The summed E-state index contributed by atoms with van der Waals surface area (Å²) in [6.07, 6.45) is 1.43. The van der Waals surface area contributed by atoms with Crippen molar-refractivity contribution in [3.8, 4) is 0 Å². The standard InChI is InChI=1S/C12H18N4O4/c1-14-11(17)9-7-19-5-3-16(9)6-8-2-4-20-10(8)12(18)15-13/h2,4,9H,3,5-7,13H2,1H3,(H,14,17)(H,15,18). The van der Waals surface area contributed by atoms with Gasteiger partial charge in [-0.2, -0.15) is 0 Å². The molecule has 1 fully saturated rings. The topological polar surface area (TPSA) is 110 Å². The molecule has 0 radical (unpaired) electrons. The molecule has 1 unspecified atom stereocenters. The summed E-state index contributed by atoms with van der Waals surface area (Å²) in [6, 6.07) is 1.32. The summed E-state index contributed by atoms with van der Waals surface area (Å²) in [5.41, 5.74) is 2.72. The summed E-state index contributed by atoms with van der Waals surface area (Å²) in [6.45, 7) is 1.90. The van der Waals surface area contributed by atoms with Gasteiger partial charge in [-0.25, -0.2) is 5.84 Å². The minimum absolute atomic E-state index is 0.113. The molecule has 0 aliphatic carbocycles. The third-order valence-corrected chi connectivity index (χ3v) is 3.25. The number of nitrogens with two attached hydrogens (primary N) is 1. The lowest BCUT2D eigenvalue weighted by Gasteiger charge is -2.34. The van der Waals surface area contributed by atoms with Crippen LogP contribution in [-0.4, -0.2) is 49.6 Å². The number of morpholine rings is 1. The molecule has 0 aromatic carbocycles. The van der Waals surface area contributed by atoms with Gasteiger partial charge >= 0.3 is 5.91 Å². The number of ether oxygens (including phenoxy) is 1. The molecule has 1 aliphatic rings. The van der Waals surface area contributed by atoms with E-state index in [0.29, 0.717) is 31.9 Å². The van der Waals surface area contributed by atoms with E-state index in [2.05, 4.69) is 5.32 Å². The Morgan fingerprint density at radius 3 is 3.05 bits per heavy atom. The molecule has 2 amide bonds. The highest BCUT2D eigenvalue weighted by molar-refractivity contribution is 5.92. The number of hydrogen-bond donors (Lipinski definition) is 3. The minimum atomic E-state index is -0.491. The molecule has 4 N–H and O–H groups in total. The molecule has 8 heteroatoms. The predicted molar refractivity (Wildman–Crippen MR) is 69.4 cm³/mol. The molecule has 0 spiro atoms. The molecular formula is C12H18N4O4. The summed E-state index contributed by atoms with van der Waals surface area (Å²) in [5, 5.41) is 2.61. The highest BCUT2D eigenvalue weighted by Crippen LogP contribution is 2.17. The normalized spacial score (nSPS) is 19.6. The van der Waals surface area contributed by atoms with E-state index in [1.807, 2.05) is 10.3 Å². The van der Waals surface area contributed by atoms with Gasteiger partial charge in [-0.15, -0.1) is 0 Å². The molecule has 2 heterocycles. The second-order valence-electron chi connectivity index (χ2n) is 4.42. The Bertz CT molecular complexity index is 488. The first-order valence-electron chi connectivity index (χ1n) is 6.28. The van der Waals surface area contributed by atoms with Gasteiger partial charge in [0.15, 0.2) is 5.76 Å². The van der Waals surface area contributed by atoms with Gasteiger partial charge in [0.1, 0.15) is 6.04 Å². The fraction of sp³-hybridized carbons (Fsp3) is 0.500. The van der Waals surface area contributed by atoms with Crippen LogP contribution in [0.1, 0.15) is 16.1 Å². The zero-order valence-corrected chi connectivity index (χ0v) is 11.2. The number of carbonyl (C=O) groups excluding carboxylic acids is 2. The number of hydrazine groups is 1. The van der Waals surface area contributed by atoms with Crippen LogP contribution in [-0.2, 0) is 16.1 Å². The van der Waals surface area contributed by atoms with Crippen molar-refractivity contribution in [1.29, 1.82) is 0 Å². The van der Waals surface area contributed by atoms with Gasteiger partial charge in [0.25, 0.3) is 0 Å².